The van der Waals surface area contributed by atoms with E-state index < -0.39 is 0 Å². The predicted molar refractivity (Wildman–Crippen MR) is 145 cm³/mol. The minimum absolute atomic E-state index is 0.0954. The predicted octanol–water partition coefficient (Wildman–Crippen LogP) is 6.30. The fourth-order valence-electron chi connectivity index (χ4n) is 3.91. The van der Waals surface area contributed by atoms with E-state index in [1.807, 2.05) is 93.1 Å². The zero-order valence-electron chi connectivity index (χ0n) is 20.8. The van der Waals surface area contributed by atoms with Gasteiger partial charge < -0.3 is 4.90 Å². The van der Waals surface area contributed by atoms with E-state index in [4.69, 9.17) is 16.6 Å². The van der Waals surface area contributed by atoms with Crippen molar-refractivity contribution in [2.24, 2.45) is 0 Å². The molecule has 0 spiro atoms. The zero-order valence-corrected chi connectivity index (χ0v) is 21.6. The molecule has 0 fully saturated rings. The molecule has 0 radical (unpaired) electrons. The minimum atomic E-state index is -0.327. The molecular weight excluding hydrogens is 472 g/mol. The fraction of sp³-hybridized carbons (Fsp3) is 0.207. The van der Waals surface area contributed by atoms with Crippen LogP contribution in [0.1, 0.15) is 35.3 Å². The molecule has 0 saturated carbocycles. The van der Waals surface area contributed by atoms with Crippen molar-refractivity contribution in [1.29, 1.82) is 0 Å². The lowest BCUT2D eigenvalue weighted by Gasteiger charge is -2.26. The van der Waals surface area contributed by atoms with E-state index >= 15 is 0 Å². The van der Waals surface area contributed by atoms with Gasteiger partial charge in [-0.25, -0.2) is 4.98 Å². The number of aromatic nitrogens is 2. The van der Waals surface area contributed by atoms with Crippen LogP contribution in [0.15, 0.2) is 79.0 Å². The van der Waals surface area contributed by atoms with Crippen LogP contribution in [0.2, 0.25) is 5.02 Å². The molecule has 0 aliphatic rings. The molecule has 0 aliphatic heterocycles. The highest BCUT2D eigenvalue weighted by Crippen LogP contribution is 2.26. The molecule has 4 rings (SSSR count). The van der Waals surface area contributed by atoms with Gasteiger partial charge >= 0.3 is 0 Å². The van der Waals surface area contributed by atoms with Gasteiger partial charge in [0.25, 0.3) is 5.91 Å². The smallest absolute Gasteiger partial charge is 0.254 e. The summed E-state index contributed by atoms with van der Waals surface area (Å²) in [6, 6.07) is 22.6. The molecule has 6 nitrogen and oxygen atoms in total. The second kappa shape index (κ2) is 10.8. The van der Waals surface area contributed by atoms with Gasteiger partial charge in [0.05, 0.1) is 5.69 Å². The van der Waals surface area contributed by atoms with Gasteiger partial charge in [-0.15, -0.1) is 0 Å². The van der Waals surface area contributed by atoms with Crippen molar-refractivity contribution >= 4 is 29.4 Å². The number of aryl methyl sites for hydroxylation is 2. The van der Waals surface area contributed by atoms with E-state index in [1.54, 1.807) is 23.1 Å². The minimum Gasteiger partial charge on any atom is -0.327 e. The molecule has 2 amide bonds. The Kier molecular flexibility index (Phi) is 7.55. The Labute approximate surface area is 216 Å². The van der Waals surface area contributed by atoms with Crippen LogP contribution in [0.5, 0.6) is 0 Å². The first-order valence-corrected chi connectivity index (χ1v) is 12.2. The van der Waals surface area contributed by atoms with Crippen molar-refractivity contribution in [1.82, 2.24) is 14.5 Å². The Balaban J connectivity index is 1.63. The molecule has 1 heterocycles. The second-order valence-corrected chi connectivity index (χ2v) is 9.49. The van der Waals surface area contributed by atoms with Gasteiger partial charge in [0.1, 0.15) is 6.54 Å². The molecule has 4 aromatic rings. The van der Waals surface area contributed by atoms with E-state index in [9.17, 15) is 9.59 Å². The van der Waals surface area contributed by atoms with Crippen LogP contribution in [-0.4, -0.2) is 38.9 Å². The molecule has 0 unspecified atom stereocenters. The molecule has 1 N–H and O–H groups in total. The second-order valence-electron chi connectivity index (χ2n) is 9.05. The first kappa shape index (κ1) is 25.2. The van der Waals surface area contributed by atoms with E-state index in [-0.39, 0.29) is 24.4 Å². The number of anilines is 1. The van der Waals surface area contributed by atoms with Gasteiger partial charge in [-0.05, 0) is 63.6 Å². The molecule has 0 aliphatic carbocycles. The number of benzene rings is 3. The van der Waals surface area contributed by atoms with Crippen LogP contribution in [0, 0.1) is 13.8 Å². The van der Waals surface area contributed by atoms with Crippen molar-refractivity contribution in [2.75, 3.05) is 11.9 Å². The summed E-state index contributed by atoms with van der Waals surface area (Å²) in [5.74, 6) is -0.130. The van der Waals surface area contributed by atoms with Crippen LogP contribution < -0.4 is 5.32 Å². The number of amides is 2. The van der Waals surface area contributed by atoms with E-state index in [1.165, 1.54) is 0 Å². The van der Waals surface area contributed by atoms with Crippen molar-refractivity contribution in [3.8, 4) is 16.9 Å². The molecule has 7 heteroatoms. The SMILES string of the molecule is Cc1ccc(-n2cc(-c3ccc(Cl)cc3)nc2NC(=O)CN(C(=O)c2ccccc2C)C(C)C)cc1. The highest BCUT2D eigenvalue weighted by atomic mass is 35.5. The first-order valence-electron chi connectivity index (χ1n) is 11.8. The lowest BCUT2D eigenvalue weighted by molar-refractivity contribution is -0.117. The monoisotopic (exact) mass is 500 g/mol. The third-order valence-electron chi connectivity index (χ3n) is 5.98. The fourth-order valence-corrected chi connectivity index (χ4v) is 4.03. The van der Waals surface area contributed by atoms with Gasteiger partial charge in [-0.3, -0.25) is 19.5 Å². The number of hydrogen-bond donors (Lipinski definition) is 1. The number of carbonyl (C=O) groups is 2. The van der Waals surface area contributed by atoms with Crippen LogP contribution in [-0.2, 0) is 4.79 Å². The maximum Gasteiger partial charge on any atom is 0.254 e. The highest BCUT2D eigenvalue weighted by Gasteiger charge is 2.24. The summed E-state index contributed by atoms with van der Waals surface area (Å²) in [4.78, 5) is 32.7. The summed E-state index contributed by atoms with van der Waals surface area (Å²) in [6.45, 7) is 7.61. The maximum atomic E-state index is 13.2. The molecule has 0 atom stereocenters. The van der Waals surface area contributed by atoms with Crippen LogP contribution >= 0.6 is 11.6 Å². The molecule has 3 aromatic carbocycles. The average Bonchev–Trinajstić information content (AvgIpc) is 3.26. The Morgan fingerprint density at radius 2 is 1.64 bits per heavy atom. The Hall–Kier alpha value is -3.90. The highest BCUT2D eigenvalue weighted by molar-refractivity contribution is 6.30. The Morgan fingerprint density at radius 1 is 0.972 bits per heavy atom. The number of imidazole rings is 1. The van der Waals surface area contributed by atoms with Crippen molar-refractivity contribution in [2.45, 2.75) is 33.7 Å². The van der Waals surface area contributed by atoms with Gasteiger partial charge in [0.2, 0.25) is 11.9 Å². The first-order chi connectivity index (χ1) is 17.2. The van der Waals surface area contributed by atoms with Crippen LogP contribution in [0.25, 0.3) is 16.9 Å². The van der Waals surface area contributed by atoms with Gasteiger partial charge in [-0.1, -0.05) is 59.6 Å². The Bertz CT molecular complexity index is 1380. The van der Waals surface area contributed by atoms with E-state index in [0.29, 0.717) is 22.2 Å². The number of nitrogens with one attached hydrogen (secondary N) is 1. The third-order valence-corrected chi connectivity index (χ3v) is 6.23. The van der Waals surface area contributed by atoms with E-state index in [2.05, 4.69) is 5.32 Å². The summed E-state index contributed by atoms with van der Waals surface area (Å²) in [7, 11) is 0. The van der Waals surface area contributed by atoms with Crippen molar-refractivity contribution in [3.05, 3.63) is 101 Å². The zero-order chi connectivity index (χ0) is 25.8. The van der Waals surface area contributed by atoms with Gasteiger partial charge in [-0.2, -0.15) is 0 Å². The lowest BCUT2D eigenvalue weighted by atomic mass is 10.1. The molecule has 0 saturated heterocycles. The van der Waals surface area contributed by atoms with Gasteiger partial charge in [0.15, 0.2) is 0 Å². The third kappa shape index (κ3) is 5.66. The number of nitrogens with zero attached hydrogens (tertiary/aromatic N) is 3. The number of halogens is 1. The Morgan fingerprint density at radius 3 is 2.28 bits per heavy atom. The lowest BCUT2D eigenvalue weighted by Crippen LogP contribution is -2.42. The molecule has 1 aromatic heterocycles. The molecular formula is C29H29ClN4O2. The summed E-state index contributed by atoms with van der Waals surface area (Å²) in [5.41, 5.74) is 5.02. The van der Waals surface area contributed by atoms with Crippen LogP contribution in [0.3, 0.4) is 0 Å². The van der Waals surface area contributed by atoms with Crippen LogP contribution in [0.4, 0.5) is 5.95 Å². The number of rotatable bonds is 7. The normalized spacial score (nSPS) is 10.9. The van der Waals surface area contributed by atoms with Crippen molar-refractivity contribution < 1.29 is 9.59 Å². The standard InChI is InChI=1S/C29H29ClN4O2/c1-19(2)33(28(36)25-8-6-5-7-21(25)4)18-27(35)32-29-31-26(22-11-13-23(30)14-12-22)17-34(29)24-15-9-20(3)10-16-24/h5-17,19H,18H2,1-4H3,(H,31,32,35). The molecule has 36 heavy (non-hydrogen) atoms. The van der Waals surface area contributed by atoms with E-state index in [0.717, 1.165) is 22.4 Å². The summed E-state index contributed by atoms with van der Waals surface area (Å²) in [6.07, 6.45) is 1.88. The quantitative estimate of drug-likeness (QED) is 0.324. The summed E-state index contributed by atoms with van der Waals surface area (Å²) >= 11 is 6.05. The average molecular weight is 501 g/mol. The maximum absolute atomic E-state index is 13.2. The van der Waals surface area contributed by atoms with Crippen molar-refractivity contribution in [3.63, 3.8) is 0 Å². The summed E-state index contributed by atoms with van der Waals surface area (Å²) < 4.78 is 1.84. The number of carbonyl (C=O) groups excluding carboxylic acids is 2. The summed E-state index contributed by atoms with van der Waals surface area (Å²) in [5, 5.41) is 3.56. The number of hydrogen-bond acceptors (Lipinski definition) is 3. The largest absolute Gasteiger partial charge is 0.327 e. The molecule has 184 valence electrons. The van der Waals surface area contributed by atoms with Gasteiger partial charge in [0, 0.05) is 34.1 Å². The molecule has 0 bridgehead atoms. The topological polar surface area (TPSA) is 67.2 Å².